The molecule has 0 atom stereocenters. The molecule has 0 aromatic rings. The van der Waals surface area contributed by atoms with E-state index in [1.807, 2.05) is 6.08 Å². The number of hydrogen-bond donors (Lipinski definition) is 1. The second-order valence-corrected chi connectivity index (χ2v) is 2.21. The molecular weight excluding hydrogens is 126 g/mol. The van der Waals surface area contributed by atoms with Gasteiger partial charge in [0.15, 0.2) is 0 Å². The van der Waals surface area contributed by atoms with Crippen LogP contribution in [-0.2, 0) is 0 Å². The first-order valence-electron chi connectivity index (χ1n) is 3.29. The lowest BCUT2D eigenvalue weighted by Crippen LogP contribution is -2.13. The molecule has 1 rings (SSSR count). The normalized spacial score (nSPS) is 16.5. The summed E-state index contributed by atoms with van der Waals surface area (Å²) in [5, 5.41) is 7.82. The fraction of sp³-hybridized carbons (Fsp3) is 0.429. The summed E-state index contributed by atoms with van der Waals surface area (Å²) >= 11 is 0. The molecule has 0 bridgehead atoms. The molecule has 0 fully saturated rings. The minimum absolute atomic E-state index is 0.518. The number of allylic oxidation sites excluding steroid dienone is 1. The molecule has 3 nitrogen and oxygen atoms in total. The molecule has 1 aliphatic heterocycles. The van der Waals surface area contributed by atoms with E-state index in [-0.39, 0.29) is 0 Å². The maximum Gasteiger partial charge on any atom is 0.0598 e. The van der Waals surface area contributed by atoms with Crippen LogP contribution >= 0.6 is 0 Å². The van der Waals surface area contributed by atoms with E-state index in [9.17, 15) is 0 Å². The van der Waals surface area contributed by atoms with Crippen LogP contribution in [0.25, 0.3) is 0 Å². The van der Waals surface area contributed by atoms with Gasteiger partial charge in [-0.15, -0.1) is 6.58 Å². The van der Waals surface area contributed by atoms with Crippen molar-refractivity contribution >= 4 is 11.4 Å². The van der Waals surface area contributed by atoms with Crippen molar-refractivity contribution in [3.05, 3.63) is 12.7 Å². The first kappa shape index (κ1) is 7.15. The van der Waals surface area contributed by atoms with Gasteiger partial charge in [0.2, 0.25) is 0 Å². The second-order valence-electron chi connectivity index (χ2n) is 2.21. The van der Waals surface area contributed by atoms with Gasteiger partial charge in [-0.25, -0.2) is 0 Å². The Morgan fingerprint density at radius 3 is 2.70 bits per heavy atom. The van der Waals surface area contributed by atoms with Gasteiger partial charge in [0, 0.05) is 19.4 Å². The number of nitrogens with zero attached hydrogens (tertiary/aromatic N) is 2. The topological polar surface area (TPSA) is 50.7 Å². The lowest BCUT2D eigenvalue weighted by Gasteiger charge is -1.92. The van der Waals surface area contributed by atoms with Gasteiger partial charge in [-0.2, -0.15) is 10.2 Å². The van der Waals surface area contributed by atoms with Gasteiger partial charge in [-0.1, -0.05) is 6.08 Å². The van der Waals surface area contributed by atoms with Crippen LogP contribution in [0.15, 0.2) is 22.9 Å². The predicted octanol–water partition coefficient (Wildman–Crippen LogP) is 0.722. The molecule has 0 saturated carbocycles. The van der Waals surface area contributed by atoms with Crippen LogP contribution in [0.3, 0.4) is 0 Å². The zero-order valence-electron chi connectivity index (χ0n) is 5.88. The summed E-state index contributed by atoms with van der Waals surface area (Å²) in [7, 11) is 0. The van der Waals surface area contributed by atoms with Crippen molar-refractivity contribution in [2.45, 2.75) is 12.8 Å². The van der Waals surface area contributed by atoms with Crippen molar-refractivity contribution in [3.8, 4) is 0 Å². The quantitative estimate of drug-likeness (QED) is 0.572. The molecule has 1 aliphatic rings. The molecule has 0 aliphatic carbocycles. The monoisotopic (exact) mass is 137 g/mol. The fourth-order valence-electron chi connectivity index (χ4n) is 0.840. The summed E-state index contributed by atoms with van der Waals surface area (Å²) < 4.78 is 0. The molecule has 0 saturated heterocycles. The third-order valence-electron chi connectivity index (χ3n) is 1.36. The second kappa shape index (κ2) is 3.27. The van der Waals surface area contributed by atoms with E-state index < -0.39 is 0 Å². The van der Waals surface area contributed by atoms with Gasteiger partial charge in [0.25, 0.3) is 0 Å². The Morgan fingerprint density at radius 2 is 2.20 bits per heavy atom. The highest BCUT2D eigenvalue weighted by Crippen LogP contribution is 2.04. The van der Waals surface area contributed by atoms with E-state index in [0.29, 0.717) is 6.54 Å². The maximum absolute atomic E-state index is 5.36. The third-order valence-corrected chi connectivity index (χ3v) is 1.36. The van der Waals surface area contributed by atoms with Gasteiger partial charge in [0.05, 0.1) is 11.4 Å². The zero-order valence-corrected chi connectivity index (χ0v) is 5.88. The van der Waals surface area contributed by atoms with Gasteiger partial charge in [-0.05, 0) is 0 Å². The first-order valence-corrected chi connectivity index (χ1v) is 3.29. The Morgan fingerprint density at radius 1 is 1.50 bits per heavy atom. The van der Waals surface area contributed by atoms with Crippen LogP contribution in [0.2, 0.25) is 0 Å². The highest BCUT2D eigenvalue weighted by Gasteiger charge is 2.08. The molecule has 1 heterocycles. The molecule has 0 aromatic carbocycles. The van der Waals surface area contributed by atoms with E-state index in [1.54, 1.807) is 0 Å². The molecular formula is C7H11N3. The third kappa shape index (κ3) is 1.51. The van der Waals surface area contributed by atoms with Crippen molar-refractivity contribution in [1.82, 2.24) is 0 Å². The van der Waals surface area contributed by atoms with Gasteiger partial charge < -0.3 is 5.73 Å². The van der Waals surface area contributed by atoms with Crippen LogP contribution in [0, 0.1) is 0 Å². The average Bonchev–Trinajstić information content (AvgIpc) is 2.37. The van der Waals surface area contributed by atoms with Gasteiger partial charge in [-0.3, -0.25) is 0 Å². The fourth-order valence-corrected chi connectivity index (χ4v) is 0.840. The summed E-state index contributed by atoms with van der Waals surface area (Å²) in [6.07, 6.45) is 3.49. The molecule has 3 heteroatoms. The molecule has 0 radical (unpaired) electrons. The summed E-state index contributed by atoms with van der Waals surface area (Å²) in [4.78, 5) is 0. The van der Waals surface area contributed by atoms with E-state index in [0.717, 1.165) is 24.3 Å². The van der Waals surface area contributed by atoms with Crippen molar-refractivity contribution in [1.29, 1.82) is 0 Å². The Bertz CT molecular complexity index is 191. The Labute approximate surface area is 60.3 Å². The summed E-state index contributed by atoms with van der Waals surface area (Å²) in [5.74, 6) is 0. The molecule has 0 aromatic heterocycles. The van der Waals surface area contributed by atoms with Crippen molar-refractivity contribution in [2.75, 3.05) is 6.54 Å². The number of nitrogens with two attached hydrogens (primary N) is 1. The summed E-state index contributed by atoms with van der Waals surface area (Å²) in [5.41, 5.74) is 7.40. The Hall–Kier alpha value is -0.960. The Kier molecular flexibility index (Phi) is 2.34. The standard InChI is InChI=1S/C7H11N3/c1-2-3-6-4-7(5-8)10-9-6/h2H,1,3-5,8H2. The summed E-state index contributed by atoms with van der Waals surface area (Å²) in [6, 6.07) is 0. The number of hydrogen-bond acceptors (Lipinski definition) is 3. The molecule has 10 heavy (non-hydrogen) atoms. The molecule has 0 spiro atoms. The molecule has 0 amide bonds. The van der Waals surface area contributed by atoms with E-state index in [4.69, 9.17) is 5.73 Å². The number of rotatable bonds is 3. The lowest BCUT2D eigenvalue weighted by atomic mass is 10.1. The van der Waals surface area contributed by atoms with E-state index in [1.165, 1.54) is 0 Å². The smallest absolute Gasteiger partial charge is 0.0598 e. The van der Waals surface area contributed by atoms with E-state index >= 15 is 0 Å². The van der Waals surface area contributed by atoms with Crippen LogP contribution in [0.1, 0.15) is 12.8 Å². The van der Waals surface area contributed by atoms with E-state index in [2.05, 4.69) is 16.8 Å². The molecule has 2 N–H and O–H groups in total. The average molecular weight is 137 g/mol. The zero-order chi connectivity index (χ0) is 7.40. The largest absolute Gasteiger partial charge is 0.325 e. The predicted molar refractivity (Wildman–Crippen MR) is 43.4 cm³/mol. The van der Waals surface area contributed by atoms with Crippen molar-refractivity contribution < 1.29 is 0 Å². The lowest BCUT2D eigenvalue weighted by molar-refractivity contribution is 1.21. The minimum Gasteiger partial charge on any atom is -0.325 e. The van der Waals surface area contributed by atoms with Crippen LogP contribution in [0.5, 0.6) is 0 Å². The summed E-state index contributed by atoms with van der Waals surface area (Å²) in [6.45, 7) is 4.13. The maximum atomic E-state index is 5.36. The molecule has 0 unspecified atom stereocenters. The SMILES string of the molecule is C=CCC1=NN=C(CN)C1. The van der Waals surface area contributed by atoms with Gasteiger partial charge >= 0.3 is 0 Å². The van der Waals surface area contributed by atoms with Crippen LogP contribution in [0.4, 0.5) is 0 Å². The highest BCUT2D eigenvalue weighted by molar-refractivity contribution is 6.08. The first-order chi connectivity index (χ1) is 4.86. The Balaban J connectivity index is 2.40. The highest BCUT2D eigenvalue weighted by atomic mass is 15.2. The van der Waals surface area contributed by atoms with Crippen molar-refractivity contribution in [2.24, 2.45) is 15.9 Å². The minimum atomic E-state index is 0.518. The van der Waals surface area contributed by atoms with Crippen molar-refractivity contribution in [3.63, 3.8) is 0 Å². The van der Waals surface area contributed by atoms with Gasteiger partial charge in [0.1, 0.15) is 0 Å². The molecule has 54 valence electrons. The van der Waals surface area contributed by atoms with Crippen LogP contribution in [-0.4, -0.2) is 18.0 Å². The van der Waals surface area contributed by atoms with Crippen LogP contribution < -0.4 is 5.73 Å².